The van der Waals surface area contributed by atoms with E-state index in [4.69, 9.17) is 11.6 Å². The molecule has 0 radical (unpaired) electrons. The van der Waals surface area contributed by atoms with Gasteiger partial charge in [-0.25, -0.2) is 0 Å². The van der Waals surface area contributed by atoms with Crippen molar-refractivity contribution in [3.8, 4) is 11.3 Å². The van der Waals surface area contributed by atoms with E-state index in [0.717, 1.165) is 33.0 Å². The number of benzene rings is 2. The molecule has 0 N–H and O–H groups in total. The van der Waals surface area contributed by atoms with Gasteiger partial charge < -0.3 is 0 Å². The summed E-state index contributed by atoms with van der Waals surface area (Å²) in [5.41, 5.74) is 3.61. The zero-order chi connectivity index (χ0) is 16.4. The largest absolute Gasteiger partial charge is 0.260 e. The molecule has 0 atom stereocenters. The molecule has 120 valence electrons. The molecule has 4 aromatic rings. The zero-order valence-corrected chi connectivity index (χ0v) is 15.1. The van der Waals surface area contributed by atoms with E-state index in [9.17, 15) is 0 Å². The van der Waals surface area contributed by atoms with E-state index in [1.165, 1.54) is 11.1 Å². The van der Waals surface area contributed by atoms with Crippen LogP contribution in [-0.2, 0) is 6.42 Å². The summed E-state index contributed by atoms with van der Waals surface area (Å²) in [5, 5.41) is 12.5. The molecule has 0 fully saturated rings. The van der Waals surface area contributed by atoms with Crippen LogP contribution < -0.4 is 0 Å². The number of fused-ring (bicyclic) bond motifs is 1. The monoisotopic (exact) mass is 371 g/mol. The van der Waals surface area contributed by atoms with Crippen molar-refractivity contribution in [1.82, 2.24) is 14.6 Å². The number of rotatable bonds is 5. The average Bonchev–Trinajstić information content (AvgIpc) is 3.20. The van der Waals surface area contributed by atoms with Crippen molar-refractivity contribution in [1.29, 1.82) is 0 Å². The molecule has 6 heteroatoms. The molecule has 0 saturated heterocycles. The van der Waals surface area contributed by atoms with Gasteiger partial charge in [-0.1, -0.05) is 65.8 Å². The summed E-state index contributed by atoms with van der Waals surface area (Å²) in [5.74, 6) is 0.951. The molecule has 0 aliphatic carbocycles. The van der Waals surface area contributed by atoms with Crippen LogP contribution in [0.1, 0.15) is 5.56 Å². The van der Waals surface area contributed by atoms with E-state index in [-0.39, 0.29) is 0 Å². The first-order chi connectivity index (χ1) is 11.8. The van der Waals surface area contributed by atoms with Crippen LogP contribution in [0.3, 0.4) is 0 Å². The third kappa shape index (κ3) is 3.20. The Labute approximate surface area is 153 Å². The van der Waals surface area contributed by atoms with Crippen LogP contribution in [0.4, 0.5) is 0 Å². The number of thioether (sulfide) groups is 1. The molecular weight excluding hydrogens is 358 g/mol. The van der Waals surface area contributed by atoms with E-state index in [0.29, 0.717) is 0 Å². The molecule has 2 aromatic carbocycles. The van der Waals surface area contributed by atoms with Gasteiger partial charge in [0.25, 0.3) is 0 Å². The minimum atomic E-state index is 0.774. The molecule has 0 spiro atoms. The summed E-state index contributed by atoms with van der Waals surface area (Å²) in [6.07, 6.45) is 0.974. The summed E-state index contributed by atoms with van der Waals surface area (Å²) in [7, 11) is 0. The van der Waals surface area contributed by atoms with Gasteiger partial charge in [0, 0.05) is 16.2 Å². The van der Waals surface area contributed by atoms with E-state index >= 15 is 0 Å². The first kappa shape index (κ1) is 15.7. The molecule has 24 heavy (non-hydrogen) atoms. The molecular formula is C18H14ClN3S2. The fourth-order valence-electron chi connectivity index (χ4n) is 2.51. The van der Waals surface area contributed by atoms with Crippen molar-refractivity contribution >= 4 is 39.7 Å². The number of aryl methyl sites for hydroxylation is 1. The molecule has 0 bridgehead atoms. The van der Waals surface area contributed by atoms with Gasteiger partial charge in [0.2, 0.25) is 4.96 Å². The van der Waals surface area contributed by atoms with Gasteiger partial charge in [-0.05, 0) is 29.7 Å². The predicted molar refractivity (Wildman–Crippen MR) is 102 cm³/mol. The third-order valence-corrected chi connectivity index (χ3v) is 5.72. The number of hydrogen-bond acceptors (Lipinski definition) is 4. The number of thiazole rings is 1. The van der Waals surface area contributed by atoms with E-state index in [1.54, 1.807) is 23.1 Å². The van der Waals surface area contributed by atoms with E-state index in [1.807, 2.05) is 18.2 Å². The Morgan fingerprint density at radius 3 is 2.58 bits per heavy atom. The second-order valence-corrected chi connectivity index (χ2v) is 7.65. The average molecular weight is 372 g/mol. The highest BCUT2D eigenvalue weighted by Gasteiger charge is 2.13. The third-order valence-electron chi connectivity index (χ3n) is 3.73. The molecule has 2 aromatic heterocycles. The molecule has 4 rings (SSSR count). The molecule has 0 unspecified atom stereocenters. The fourth-order valence-corrected chi connectivity index (χ4v) is 4.46. The second-order valence-electron chi connectivity index (χ2n) is 5.31. The fraction of sp³-hybridized carbons (Fsp3) is 0.111. The van der Waals surface area contributed by atoms with Gasteiger partial charge in [-0.3, -0.25) is 4.40 Å². The Morgan fingerprint density at radius 1 is 1.00 bits per heavy atom. The van der Waals surface area contributed by atoms with Crippen LogP contribution >= 0.6 is 34.7 Å². The minimum Gasteiger partial charge on any atom is -0.260 e. The number of aromatic nitrogens is 3. The first-order valence-corrected chi connectivity index (χ1v) is 9.81. The topological polar surface area (TPSA) is 30.2 Å². The lowest BCUT2D eigenvalue weighted by atomic mass is 10.2. The molecule has 3 nitrogen and oxygen atoms in total. The molecule has 0 aliphatic rings. The Hall–Kier alpha value is -1.82. The Kier molecular flexibility index (Phi) is 4.56. The van der Waals surface area contributed by atoms with Gasteiger partial charge in [-0.2, -0.15) is 0 Å². The summed E-state index contributed by atoms with van der Waals surface area (Å²) in [6.45, 7) is 0. The van der Waals surface area contributed by atoms with Crippen LogP contribution in [0.2, 0.25) is 5.02 Å². The summed E-state index contributed by atoms with van der Waals surface area (Å²) < 4.78 is 2.15. The number of nitrogens with zero attached hydrogens (tertiary/aromatic N) is 3. The van der Waals surface area contributed by atoms with Crippen LogP contribution in [0.5, 0.6) is 0 Å². The quantitative estimate of drug-likeness (QED) is 0.437. The van der Waals surface area contributed by atoms with Gasteiger partial charge >= 0.3 is 0 Å². The van der Waals surface area contributed by atoms with Crippen LogP contribution in [-0.4, -0.2) is 20.4 Å². The van der Waals surface area contributed by atoms with Crippen LogP contribution in [0.15, 0.2) is 65.1 Å². The lowest BCUT2D eigenvalue weighted by Gasteiger charge is -2.03. The highest BCUT2D eigenvalue weighted by molar-refractivity contribution is 7.99. The highest BCUT2D eigenvalue weighted by atomic mass is 35.5. The zero-order valence-electron chi connectivity index (χ0n) is 12.7. The highest BCUT2D eigenvalue weighted by Crippen LogP contribution is 2.30. The Morgan fingerprint density at radius 2 is 1.79 bits per heavy atom. The molecule has 0 saturated carbocycles. The van der Waals surface area contributed by atoms with Crippen molar-refractivity contribution in [3.05, 3.63) is 70.6 Å². The van der Waals surface area contributed by atoms with Crippen molar-refractivity contribution in [3.63, 3.8) is 0 Å². The minimum absolute atomic E-state index is 0.774. The first-order valence-electron chi connectivity index (χ1n) is 7.56. The summed E-state index contributed by atoms with van der Waals surface area (Å²) in [4.78, 5) is 0.933. The molecule has 0 amide bonds. The molecule has 0 aliphatic heterocycles. The standard InChI is InChI=1S/C18H14ClN3S2/c19-15-8-6-13(7-9-15)10-11-23-17-20-21-18-22(17)16(12-24-18)14-4-2-1-3-5-14/h1-9,12H,10-11H2. The van der Waals surface area contributed by atoms with E-state index in [2.05, 4.69) is 56.4 Å². The Balaban J connectivity index is 1.54. The summed E-state index contributed by atoms with van der Waals surface area (Å²) in [6, 6.07) is 18.4. The van der Waals surface area contributed by atoms with Gasteiger partial charge in [-0.15, -0.1) is 21.5 Å². The van der Waals surface area contributed by atoms with Crippen LogP contribution in [0.25, 0.3) is 16.2 Å². The second kappa shape index (κ2) is 6.97. The lowest BCUT2D eigenvalue weighted by Crippen LogP contribution is -1.93. The van der Waals surface area contributed by atoms with Crippen molar-refractivity contribution in [2.24, 2.45) is 0 Å². The predicted octanol–water partition coefficient (Wildman–Crippen LogP) is 5.45. The summed E-state index contributed by atoms with van der Waals surface area (Å²) >= 11 is 9.28. The van der Waals surface area contributed by atoms with Gasteiger partial charge in [0.15, 0.2) is 5.16 Å². The smallest absolute Gasteiger partial charge is 0.217 e. The maximum Gasteiger partial charge on any atom is 0.217 e. The van der Waals surface area contributed by atoms with Gasteiger partial charge in [0.1, 0.15) is 0 Å². The van der Waals surface area contributed by atoms with Crippen molar-refractivity contribution < 1.29 is 0 Å². The Bertz CT molecular complexity index is 945. The molecule has 2 heterocycles. The van der Waals surface area contributed by atoms with Gasteiger partial charge in [0.05, 0.1) is 5.69 Å². The SMILES string of the molecule is Clc1ccc(CCSc2nnc3scc(-c4ccccc4)n23)cc1. The van der Waals surface area contributed by atoms with Crippen LogP contribution in [0, 0.1) is 0 Å². The lowest BCUT2D eigenvalue weighted by molar-refractivity contribution is 0.926. The van der Waals surface area contributed by atoms with Crippen molar-refractivity contribution in [2.75, 3.05) is 5.75 Å². The maximum atomic E-state index is 5.93. The van der Waals surface area contributed by atoms with E-state index < -0.39 is 0 Å². The number of hydrogen-bond donors (Lipinski definition) is 0. The normalized spacial score (nSPS) is 11.2. The number of halogens is 1. The van der Waals surface area contributed by atoms with Crippen molar-refractivity contribution in [2.45, 2.75) is 11.6 Å². The maximum absolute atomic E-state index is 5.93.